The van der Waals surface area contributed by atoms with Crippen LogP contribution in [0.2, 0.25) is 0 Å². The van der Waals surface area contributed by atoms with Crippen molar-refractivity contribution in [3.05, 3.63) is 11.8 Å². The Bertz CT molecular complexity index is 141. The predicted molar refractivity (Wildman–Crippen MR) is 59.2 cm³/mol. The Morgan fingerprint density at radius 3 is 2.54 bits per heavy atom. The predicted octanol–water partition coefficient (Wildman–Crippen LogP) is 2.39. The molecule has 0 aromatic carbocycles. The molecule has 0 heterocycles. The zero-order valence-electron chi connectivity index (χ0n) is 9.05. The third-order valence-corrected chi connectivity index (χ3v) is 2.45. The highest BCUT2D eigenvalue weighted by molar-refractivity contribution is 4.98. The zero-order valence-corrected chi connectivity index (χ0v) is 9.05. The highest BCUT2D eigenvalue weighted by atomic mass is 14.6. The van der Waals surface area contributed by atoms with Gasteiger partial charge in [-0.05, 0) is 12.3 Å². The van der Waals surface area contributed by atoms with Gasteiger partial charge in [-0.25, -0.2) is 0 Å². The van der Waals surface area contributed by atoms with E-state index in [1.165, 1.54) is 25.7 Å². The van der Waals surface area contributed by atoms with Crippen LogP contribution in [0.3, 0.4) is 0 Å². The van der Waals surface area contributed by atoms with E-state index in [0.717, 1.165) is 18.0 Å². The molecule has 0 spiro atoms. The van der Waals surface area contributed by atoms with Gasteiger partial charge in [0, 0.05) is 12.2 Å². The Hall–Kier alpha value is -0.500. The second-order valence-corrected chi connectivity index (χ2v) is 3.64. The van der Waals surface area contributed by atoms with Crippen LogP contribution in [0.15, 0.2) is 11.8 Å². The van der Waals surface area contributed by atoms with E-state index in [2.05, 4.69) is 13.8 Å². The molecule has 0 aromatic rings. The van der Waals surface area contributed by atoms with Crippen molar-refractivity contribution in [2.45, 2.75) is 46.0 Å². The number of nitrogens with two attached hydrogens (primary N) is 2. The first kappa shape index (κ1) is 12.5. The van der Waals surface area contributed by atoms with E-state index in [0.29, 0.717) is 6.54 Å². The Morgan fingerprint density at radius 1 is 1.38 bits per heavy atom. The standard InChI is InChI=1S/C11H24N2/c1-3-5-6-10(4-2)9-11(13)7-8-12/h7,10H,3-6,8-9,12-13H2,1-2H3/b11-7-. The lowest BCUT2D eigenvalue weighted by atomic mass is 9.94. The Morgan fingerprint density at radius 2 is 2.08 bits per heavy atom. The van der Waals surface area contributed by atoms with Crippen LogP contribution in [0, 0.1) is 5.92 Å². The summed E-state index contributed by atoms with van der Waals surface area (Å²) in [6.07, 6.45) is 8.05. The van der Waals surface area contributed by atoms with Gasteiger partial charge in [-0.2, -0.15) is 0 Å². The number of allylic oxidation sites excluding steroid dienone is 1. The molecule has 0 aromatic heterocycles. The molecule has 0 aliphatic rings. The Labute approximate surface area is 82.4 Å². The fraction of sp³-hybridized carbons (Fsp3) is 0.818. The first-order valence-electron chi connectivity index (χ1n) is 5.39. The molecule has 0 saturated heterocycles. The summed E-state index contributed by atoms with van der Waals surface area (Å²) in [6.45, 7) is 5.03. The van der Waals surface area contributed by atoms with Crippen molar-refractivity contribution >= 4 is 0 Å². The average Bonchev–Trinajstić information content (AvgIpc) is 2.12. The lowest BCUT2D eigenvalue weighted by Crippen LogP contribution is -2.09. The molecule has 0 aliphatic carbocycles. The first-order valence-corrected chi connectivity index (χ1v) is 5.39. The van der Waals surface area contributed by atoms with E-state index in [-0.39, 0.29) is 0 Å². The average molecular weight is 184 g/mol. The lowest BCUT2D eigenvalue weighted by molar-refractivity contribution is 0.446. The highest BCUT2D eigenvalue weighted by Gasteiger charge is 2.06. The van der Waals surface area contributed by atoms with Crippen LogP contribution >= 0.6 is 0 Å². The van der Waals surface area contributed by atoms with E-state index in [4.69, 9.17) is 11.5 Å². The van der Waals surface area contributed by atoms with Crippen molar-refractivity contribution in [1.29, 1.82) is 0 Å². The van der Waals surface area contributed by atoms with Crippen molar-refractivity contribution in [2.75, 3.05) is 6.54 Å². The molecule has 0 saturated carbocycles. The Kier molecular flexibility index (Phi) is 7.80. The maximum absolute atomic E-state index is 5.81. The minimum absolute atomic E-state index is 0.566. The van der Waals surface area contributed by atoms with Crippen LogP contribution < -0.4 is 11.5 Å². The largest absolute Gasteiger partial charge is 0.402 e. The molecule has 0 bridgehead atoms. The van der Waals surface area contributed by atoms with Crippen LogP contribution in [0.5, 0.6) is 0 Å². The van der Waals surface area contributed by atoms with Crippen molar-refractivity contribution in [2.24, 2.45) is 17.4 Å². The van der Waals surface area contributed by atoms with Crippen LogP contribution in [0.4, 0.5) is 0 Å². The number of hydrogen-bond acceptors (Lipinski definition) is 2. The van der Waals surface area contributed by atoms with Crippen LogP contribution in [-0.2, 0) is 0 Å². The molecule has 0 fully saturated rings. The molecular weight excluding hydrogens is 160 g/mol. The summed E-state index contributed by atoms with van der Waals surface area (Å²) in [6, 6.07) is 0. The normalized spacial score (nSPS) is 14.5. The Balaban J connectivity index is 3.75. The van der Waals surface area contributed by atoms with Gasteiger partial charge >= 0.3 is 0 Å². The minimum Gasteiger partial charge on any atom is -0.402 e. The molecule has 0 amide bonds. The van der Waals surface area contributed by atoms with E-state index >= 15 is 0 Å². The van der Waals surface area contributed by atoms with Crippen molar-refractivity contribution < 1.29 is 0 Å². The second-order valence-electron chi connectivity index (χ2n) is 3.64. The smallest absolute Gasteiger partial charge is 0.0126 e. The van der Waals surface area contributed by atoms with Gasteiger partial charge in [0.15, 0.2) is 0 Å². The highest BCUT2D eigenvalue weighted by Crippen LogP contribution is 2.18. The fourth-order valence-electron chi connectivity index (χ4n) is 1.51. The van der Waals surface area contributed by atoms with Gasteiger partial charge in [-0.1, -0.05) is 45.6 Å². The van der Waals surface area contributed by atoms with Crippen molar-refractivity contribution in [3.8, 4) is 0 Å². The summed E-state index contributed by atoms with van der Waals surface area (Å²) in [5, 5.41) is 0. The number of unbranched alkanes of at least 4 members (excludes halogenated alkanes) is 1. The summed E-state index contributed by atoms with van der Waals surface area (Å²) >= 11 is 0. The first-order chi connectivity index (χ1) is 6.24. The summed E-state index contributed by atoms with van der Waals surface area (Å²) in [7, 11) is 0. The third-order valence-electron chi connectivity index (χ3n) is 2.45. The molecule has 1 atom stereocenters. The van der Waals surface area contributed by atoms with Crippen LogP contribution in [0.25, 0.3) is 0 Å². The molecular formula is C11H24N2. The maximum atomic E-state index is 5.81. The van der Waals surface area contributed by atoms with E-state index in [1.807, 2.05) is 6.08 Å². The second kappa shape index (κ2) is 8.11. The molecule has 13 heavy (non-hydrogen) atoms. The summed E-state index contributed by atoms with van der Waals surface area (Å²) in [5.74, 6) is 0.753. The van der Waals surface area contributed by atoms with Crippen LogP contribution in [-0.4, -0.2) is 6.54 Å². The van der Waals surface area contributed by atoms with E-state index < -0.39 is 0 Å². The molecule has 4 N–H and O–H groups in total. The molecule has 0 aliphatic heterocycles. The van der Waals surface area contributed by atoms with Gasteiger partial charge < -0.3 is 11.5 Å². The molecule has 1 unspecified atom stereocenters. The van der Waals surface area contributed by atoms with E-state index in [1.54, 1.807) is 0 Å². The molecule has 0 rings (SSSR count). The SMILES string of the molecule is CCCCC(CC)C/C(N)=C/CN. The van der Waals surface area contributed by atoms with Gasteiger partial charge in [0.05, 0.1) is 0 Å². The molecule has 0 radical (unpaired) electrons. The molecule has 78 valence electrons. The zero-order chi connectivity index (χ0) is 10.1. The number of rotatable bonds is 7. The topological polar surface area (TPSA) is 52.0 Å². The minimum atomic E-state index is 0.566. The monoisotopic (exact) mass is 184 g/mol. The van der Waals surface area contributed by atoms with Crippen molar-refractivity contribution in [1.82, 2.24) is 0 Å². The molecule has 2 nitrogen and oxygen atoms in total. The van der Waals surface area contributed by atoms with Crippen LogP contribution in [0.1, 0.15) is 46.0 Å². The summed E-state index contributed by atoms with van der Waals surface area (Å²) < 4.78 is 0. The summed E-state index contributed by atoms with van der Waals surface area (Å²) in [4.78, 5) is 0. The number of hydrogen-bond donors (Lipinski definition) is 2. The molecule has 2 heteroatoms. The van der Waals surface area contributed by atoms with Gasteiger partial charge in [0.25, 0.3) is 0 Å². The summed E-state index contributed by atoms with van der Waals surface area (Å²) in [5.41, 5.74) is 12.2. The quantitative estimate of drug-likeness (QED) is 0.638. The maximum Gasteiger partial charge on any atom is 0.0126 e. The van der Waals surface area contributed by atoms with Gasteiger partial charge in [-0.15, -0.1) is 0 Å². The van der Waals surface area contributed by atoms with Crippen molar-refractivity contribution in [3.63, 3.8) is 0 Å². The lowest BCUT2D eigenvalue weighted by Gasteiger charge is -2.14. The van der Waals surface area contributed by atoms with Gasteiger partial charge in [0.1, 0.15) is 0 Å². The van der Waals surface area contributed by atoms with Gasteiger partial charge in [-0.3, -0.25) is 0 Å². The third kappa shape index (κ3) is 6.64. The fourth-order valence-corrected chi connectivity index (χ4v) is 1.51. The van der Waals surface area contributed by atoms with E-state index in [9.17, 15) is 0 Å². The van der Waals surface area contributed by atoms with Gasteiger partial charge in [0.2, 0.25) is 0 Å².